The van der Waals surface area contributed by atoms with Gasteiger partial charge in [0.25, 0.3) is 5.56 Å². The van der Waals surface area contributed by atoms with E-state index >= 15 is 0 Å². The van der Waals surface area contributed by atoms with E-state index < -0.39 is 18.2 Å². The number of aromatic nitrogens is 4. The Morgan fingerprint density at radius 2 is 1.84 bits per heavy atom. The number of hydroxylamine groups is 1. The van der Waals surface area contributed by atoms with Crippen molar-refractivity contribution in [3.63, 3.8) is 0 Å². The second kappa shape index (κ2) is 15.2. The van der Waals surface area contributed by atoms with Crippen LogP contribution >= 0.6 is 22.6 Å². The van der Waals surface area contributed by atoms with Crippen molar-refractivity contribution in [3.05, 3.63) is 87.1 Å². The highest BCUT2D eigenvalue weighted by molar-refractivity contribution is 14.1. The first-order valence-electron chi connectivity index (χ1n) is 17.5. The van der Waals surface area contributed by atoms with E-state index in [1.165, 1.54) is 6.92 Å². The number of aliphatic imine (C=N–C) groups is 1. The molecule has 3 heterocycles. The maximum atomic E-state index is 14.5. The van der Waals surface area contributed by atoms with E-state index in [-0.39, 0.29) is 28.2 Å². The molecule has 3 N–H and O–H groups in total. The van der Waals surface area contributed by atoms with Gasteiger partial charge in [0.2, 0.25) is 5.78 Å². The van der Waals surface area contributed by atoms with Gasteiger partial charge in [-0.05, 0) is 69.1 Å². The van der Waals surface area contributed by atoms with Gasteiger partial charge in [-0.2, -0.15) is 10.1 Å². The number of fused-ring (bicyclic) bond motifs is 1. The Morgan fingerprint density at radius 1 is 1.14 bits per heavy atom. The van der Waals surface area contributed by atoms with E-state index in [1.807, 2.05) is 71.5 Å². The third-order valence-electron chi connectivity index (χ3n) is 9.57. The van der Waals surface area contributed by atoms with Gasteiger partial charge in [0.05, 0.1) is 22.3 Å². The van der Waals surface area contributed by atoms with Gasteiger partial charge in [0, 0.05) is 23.6 Å². The molecule has 0 amide bonds. The number of hydrogen-bond donors (Lipinski definition) is 3. The molecular weight excluding hydrogens is 754 g/mol. The van der Waals surface area contributed by atoms with E-state index in [1.54, 1.807) is 0 Å². The summed E-state index contributed by atoms with van der Waals surface area (Å²) < 4.78 is 22.4. The molecule has 2 aliphatic rings. The summed E-state index contributed by atoms with van der Waals surface area (Å²) in [6.45, 7) is 6.42. The third kappa shape index (κ3) is 7.52. The second-order valence-electron chi connectivity index (χ2n) is 13.7. The SMILES string of the molecule is CCCc1c(Cc2ccc(-c3ccccc3C3=NC(O)(C(I)CC)ON3)cc2)c(=O)n(C2CCC(OCC(C)(O)CF)CC2)c2nc(C)nn12. The molecule has 2 aromatic carbocycles. The molecule has 3 atom stereocenters. The summed E-state index contributed by atoms with van der Waals surface area (Å²) in [7, 11) is 0. The number of aryl methyl sites for hydroxylation is 2. The number of nitrogens with one attached hydrogen (secondary N) is 1. The van der Waals surface area contributed by atoms with Gasteiger partial charge < -0.3 is 14.9 Å². The third-order valence-corrected chi connectivity index (χ3v) is 11.3. The van der Waals surface area contributed by atoms with Crippen LogP contribution in [-0.4, -0.2) is 70.0 Å². The van der Waals surface area contributed by atoms with E-state index in [9.17, 15) is 19.4 Å². The van der Waals surface area contributed by atoms with Gasteiger partial charge in [0.1, 0.15) is 18.1 Å². The molecule has 6 rings (SSSR count). The van der Waals surface area contributed by atoms with Crippen LogP contribution in [0.25, 0.3) is 16.9 Å². The molecule has 1 fully saturated rings. The van der Waals surface area contributed by atoms with Gasteiger partial charge in [0.15, 0.2) is 5.84 Å². The lowest BCUT2D eigenvalue weighted by Crippen LogP contribution is -2.38. The van der Waals surface area contributed by atoms with Crippen molar-refractivity contribution in [3.8, 4) is 11.1 Å². The fraction of sp³-hybridized carbons (Fsp3) is 0.514. The summed E-state index contributed by atoms with van der Waals surface area (Å²) in [4.78, 5) is 29.2. The van der Waals surface area contributed by atoms with Crippen LogP contribution in [0.4, 0.5) is 4.39 Å². The number of amidine groups is 1. The van der Waals surface area contributed by atoms with Crippen molar-refractivity contribution >= 4 is 34.2 Å². The van der Waals surface area contributed by atoms with Crippen LogP contribution < -0.4 is 11.0 Å². The Hall–Kier alpha value is -3.24. The van der Waals surface area contributed by atoms with Crippen LogP contribution in [-0.2, 0) is 22.4 Å². The lowest BCUT2D eigenvalue weighted by atomic mass is 9.92. The molecule has 268 valence electrons. The zero-order valence-electron chi connectivity index (χ0n) is 29.0. The molecule has 1 aliphatic heterocycles. The first kappa shape index (κ1) is 36.5. The van der Waals surface area contributed by atoms with Crippen LogP contribution in [0.15, 0.2) is 58.3 Å². The van der Waals surface area contributed by atoms with Crippen LogP contribution in [0.1, 0.15) is 93.5 Å². The highest BCUT2D eigenvalue weighted by Crippen LogP contribution is 2.33. The zero-order valence-corrected chi connectivity index (χ0v) is 31.2. The van der Waals surface area contributed by atoms with Crippen molar-refractivity contribution < 1.29 is 24.2 Å². The lowest BCUT2D eigenvalue weighted by molar-refractivity contribution is -0.201. The summed E-state index contributed by atoms with van der Waals surface area (Å²) in [6.07, 6.45) is 5.34. The largest absolute Gasteiger partial charge is 0.385 e. The van der Waals surface area contributed by atoms with Crippen molar-refractivity contribution in [2.24, 2.45) is 4.99 Å². The van der Waals surface area contributed by atoms with Crippen molar-refractivity contribution in [1.29, 1.82) is 0 Å². The van der Waals surface area contributed by atoms with Crippen LogP contribution in [0.2, 0.25) is 0 Å². The van der Waals surface area contributed by atoms with Crippen LogP contribution in [0.5, 0.6) is 0 Å². The average Bonchev–Trinajstić information content (AvgIpc) is 3.72. The van der Waals surface area contributed by atoms with Gasteiger partial charge >= 0.3 is 5.91 Å². The number of halogens is 2. The number of hydrogen-bond acceptors (Lipinski definition) is 9. The van der Waals surface area contributed by atoms with Crippen molar-refractivity contribution in [2.45, 2.75) is 107 Å². The van der Waals surface area contributed by atoms with Gasteiger partial charge in [-0.15, -0.1) is 0 Å². The van der Waals surface area contributed by atoms with Gasteiger partial charge in [-0.3, -0.25) is 9.36 Å². The highest BCUT2D eigenvalue weighted by Gasteiger charge is 2.41. The minimum atomic E-state index is -1.64. The molecule has 1 saturated carbocycles. The maximum absolute atomic E-state index is 14.5. The Balaban J connectivity index is 1.29. The number of alkyl halides is 2. The summed E-state index contributed by atoms with van der Waals surface area (Å²) >= 11 is 2.15. The molecule has 13 heteroatoms. The van der Waals surface area contributed by atoms with E-state index in [0.29, 0.717) is 67.9 Å². The number of rotatable bonds is 13. The predicted octanol–water partition coefficient (Wildman–Crippen LogP) is 5.77. The standard InChI is InChI=1S/C37H46FIN6O5/c1-5-9-31-30(34(46)44(35-40-23(3)42-45(31)35)26-16-18-27(19-17-26)49-22-36(4,47)21-38)20-24-12-14-25(15-13-24)28-10-7-8-11-29(28)33-41-37(48,50-43-33)32(39)6-2/h7-8,10-15,26-27,32,47-48H,5-6,9,16-22H2,1-4H3,(H,41,43). The van der Waals surface area contributed by atoms with E-state index in [2.05, 4.69) is 40.0 Å². The Morgan fingerprint density at radius 3 is 2.50 bits per heavy atom. The number of benzene rings is 2. The minimum Gasteiger partial charge on any atom is -0.385 e. The van der Waals surface area contributed by atoms with Crippen LogP contribution in [0.3, 0.4) is 0 Å². The molecule has 50 heavy (non-hydrogen) atoms. The van der Waals surface area contributed by atoms with E-state index in [4.69, 9.17) is 19.7 Å². The second-order valence-corrected chi connectivity index (χ2v) is 15.2. The number of ether oxygens (including phenoxy) is 1. The monoisotopic (exact) mass is 800 g/mol. The Labute approximate surface area is 305 Å². The van der Waals surface area contributed by atoms with E-state index in [0.717, 1.165) is 34.4 Å². The fourth-order valence-electron chi connectivity index (χ4n) is 6.83. The molecule has 0 bridgehead atoms. The molecule has 3 unspecified atom stereocenters. The minimum absolute atomic E-state index is 0.0500. The first-order valence-corrected chi connectivity index (χ1v) is 18.7. The predicted molar refractivity (Wildman–Crippen MR) is 198 cm³/mol. The maximum Gasteiger partial charge on any atom is 0.303 e. The number of aliphatic hydroxyl groups is 2. The molecule has 4 aromatic rings. The quantitative estimate of drug-likeness (QED) is 0.115. The molecule has 0 spiro atoms. The highest BCUT2D eigenvalue weighted by atomic mass is 127. The zero-order chi connectivity index (χ0) is 35.6. The summed E-state index contributed by atoms with van der Waals surface area (Å²) in [5.74, 6) is -0.00554. The Bertz CT molecular complexity index is 1900. The van der Waals surface area contributed by atoms with Crippen molar-refractivity contribution in [2.75, 3.05) is 13.3 Å². The molecule has 0 radical (unpaired) electrons. The Kier molecular flexibility index (Phi) is 11.1. The number of nitrogens with zero attached hydrogens (tertiary/aromatic N) is 5. The molecule has 0 saturated heterocycles. The molecule has 1 aliphatic carbocycles. The van der Waals surface area contributed by atoms with Gasteiger partial charge in [-0.1, -0.05) is 91.4 Å². The van der Waals surface area contributed by atoms with Crippen LogP contribution in [0, 0.1) is 6.92 Å². The normalized spacial score (nSPS) is 22.7. The average molecular weight is 801 g/mol. The first-order chi connectivity index (χ1) is 24.0. The summed E-state index contributed by atoms with van der Waals surface area (Å²) in [5, 5.41) is 25.7. The fourth-order valence-corrected chi connectivity index (χ4v) is 7.09. The lowest BCUT2D eigenvalue weighted by Gasteiger charge is -2.32. The smallest absolute Gasteiger partial charge is 0.303 e. The molecule has 2 aromatic heterocycles. The van der Waals surface area contributed by atoms with Gasteiger partial charge in [-0.25, -0.2) is 24.2 Å². The molecular formula is C37H46FIN6O5. The molecule has 11 nitrogen and oxygen atoms in total. The summed E-state index contributed by atoms with van der Waals surface area (Å²) in [5.41, 5.74) is 6.57. The van der Waals surface area contributed by atoms with Crippen molar-refractivity contribution in [1.82, 2.24) is 24.6 Å². The topological polar surface area (TPSA) is 136 Å². The summed E-state index contributed by atoms with van der Waals surface area (Å²) in [6, 6.07) is 15.9.